The summed E-state index contributed by atoms with van der Waals surface area (Å²) in [5.74, 6) is 2.19. The first kappa shape index (κ1) is 10.6. The van der Waals surface area contributed by atoms with Crippen molar-refractivity contribution < 1.29 is 4.42 Å². The van der Waals surface area contributed by atoms with E-state index in [1.54, 1.807) is 0 Å². The zero-order valence-electron chi connectivity index (χ0n) is 8.34. The molecule has 2 rings (SSSR count). The topological polar surface area (TPSA) is 25.2 Å². The Labute approximate surface area is 97.0 Å². The summed E-state index contributed by atoms with van der Waals surface area (Å²) in [7, 11) is 0. The highest BCUT2D eigenvalue weighted by molar-refractivity contribution is 9.10. The standard InChI is InChI=1S/C10H14BrNOS/c1-10(2)8(6-14-10)12-5-7-3-4-9(11)13-7/h3-4,8,12H,5-6H2,1-2H3. The minimum Gasteiger partial charge on any atom is -0.453 e. The molecule has 1 N–H and O–H groups in total. The van der Waals surface area contributed by atoms with Crippen LogP contribution in [-0.2, 0) is 6.54 Å². The first-order chi connectivity index (χ1) is 6.58. The third-order valence-corrected chi connectivity index (χ3v) is 4.57. The molecule has 0 aliphatic carbocycles. The lowest BCUT2D eigenvalue weighted by Crippen LogP contribution is -2.54. The number of rotatable bonds is 3. The van der Waals surface area contributed by atoms with Gasteiger partial charge >= 0.3 is 0 Å². The molecule has 1 aliphatic rings. The van der Waals surface area contributed by atoms with Gasteiger partial charge in [0.1, 0.15) is 5.76 Å². The molecule has 1 fully saturated rings. The van der Waals surface area contributed by atoms with Gasteiger partial charge in [0.25, 0.3) is 0 Å². The molecular weight excluding hydrogens is 262 g/mol. The van der Waals surface area contributed by atoms with E-state index in [1.165, 1.54) is 5.75 Å². The molecule has 1 aliphatic heterocycles. The van der Waals surface area contributed by atoms with Gasteiger partial charge in [-0.15, -0.1) is 0 Å². The summed E-state index contributed by atoms with van der Waals surface area (Å²) < 4.78 is 6.60. The van der Waals surface area contributed by atoms with E-state index in [2.05, 4.69) is 35.1 Å². The van der Waals surface area contributed by atoms with Crippen LogP contribution in [-0.4, -0.2) is 16.5 Å². The summed E-state index contributed by atoms with van der Waals surface area (Å²) in [6.45, 7) is 5.37. The maximum Gasteiger partial charge on any atom is 0.169 e. The second-order valence-corrected chi connectivity index (χ2v) is 6.51. The number of furan rings is 1. The Kier molecular flexibility index (Phi) is 2.96. The van der Waals surface area contributed by atoms with Crippen LogP contribution in [0.2, 0.25) is 0 Å². The molecule has 2 nitrogen and oxygen atoms in total. The van der Waals surface area contributed by atoms with Crippen LogP contribution in [0.4, 0.5) is 0 Å². The second-order valence-electron chi connectivity index (χ2n) is 4.05. The molecule has 0 aromatic carbocycles. The summed E-state index contributed by atoms with van der Waals surface area (Å²) in [5.41, 5.74) is 0. The normalized spacial score (nSPS) is 24.6. The van der Waals surface area contributed by atoms with Crippen LogP contribution in [0.15, 0.2) is 21.2 Å². The Morgan fingerprint density at radius 2 is 2.43 bits per heavy atom. The van der Waals surface area contributed by atoms with Crippen molar-refractivity contribution in [2.45, 2.75) is 31.2 Å². The van der Waals surface area contributed by atoms with Crippen molar-refractivity contribution in [1.82, 2.24) is 5.32 Å². The van der Waals surface area contributed by atoms with E-state index in [4.69, 9.17) is 4.42 Å². The first-order valence-electron chi connectivity index (χ1n) is 4.69. The van der Waals surface area contributed by atoms with Crippen molar-refractivity contribution in [2.75, 3.05) is 5.75 Å². The smallest absolute Gasteiger partial charge is 0.169 e. The summed E-state index contributed by atoms with van der Waals surface area (Å²) in [6.07, 6.45) is 0. The number of thioether (sulfide) groups is 1. The van der Waals surface area contributed by atoms with Gasteiger partial charge < -0.3 is 9.73 Å². The van der Waals surface area contributed by atoms with Crippen LogP contribution in [0, 0.1) is 0 Å². The third kappa shape index (κ3) is 2.18. The molecule has 14 heavy (non-hydrogen) atoms. The second kappa shape index (κ2) is 3.91. The Balaban J connectivity index is 1.83. The third-order valence-electron chi connectivity index (χ3n) is 2.61. The zero-order valence-corrected chi connectivity index (χ0v) is 10.7. The van der Waals surface area contributed by atoms with Crippen LogP contribution < -0.4 is 5.32 Å². The number of nitrogens with one attached hydrogen (secondary N) is 1. The fourth-order valence-corrected chi connectivity index (χ4v) is 3.02. The number of hydrogen-bond donors (Lipinski definition) is 1. The van der Waals surface area contributed by atoms with Gasteiger partial charge in [0.05, 0.1) is 6.54 Å². The summed E-state index contributed by atoms with van der Waals surface area (Å²) in [5, 5.41) is 3.50. The van der Waals surface area contributed by atoms with Gasteiger partial charge in [-0.3, -0.25) is 0 Å². The van der Waals surface area contributed by atoms with Crippen LogP contribution in [0.1, 0.15) is 19.6 Å². The average Bonchev–Trinajstić information content (AvgIpc) is 2.50. The average molecular weight is 276 g/mol. The highest BCUT2D eigenvalue weighted by Gasteiger charge is 2.38. The van der Waals surface area contributed by atoms with Gasteiger partial charge in [0.15, 0.2) is 4.67 Å². The van der Waals surface area contributed by atoms with Gasteiger partial charge in [-0.1, -0.05) is 0 Å². The van der Waals surface area contributed by atoms with Gasteiger partial charge in [-0.05, 0) is 41.9 Å². The molecule has 1 aromatic rings. The Hall–Kier alpha value is 0.0700. The van der Waals surface area contributed by atoms with E-state index in [9.17, 15) is 0 Å². The van der Waals surface area contributed by atoms with E-state index in [1.807, 2.05) is 23.9 Å². The fourth-order valence-electron chi connectivity index (χ4n) is 1.48. The SMILES string of the molecule is CC1(C)SCC1NCc1ccc(Br)o1. The molecule has 2 heterocycles. The van der Waals surface area contributed by atoms with Crippen LogP contribution in [0.3, 0.4) is 0 Å². The van der Waals surface area contributed by atoms with Crippen LogP contribution >= 0.6 is 27.7 Å². The molecule has 4 heteroatoms. The van der Waals surface area contributed by atoms with E-state index in [0.717, 1.165) is 17.0 Å². The van der Waals surface area contributed by atoms with Crippen molar-refractivity contribution in [3.8, 4) is 0 Å². The van der Waals surface area contributed by atoms with Crippen molar-refractivity contribution in [2.24, 2.45) is 0 Å². The predicted octanol–water partition coefficient (Wildman–Crippen LogP) is 3.03. The quantitative estimate of drug-likeness (QED) is 0.918. The minimum absolute atomic E-state index is 0.379. The van der Waals surface area contributed by atoms with Crippen molar-refractivity contribution >= 4 is 27.7 Å². The fraction of sp³-hybridized carbons (Fsp3) is 0.600. The van der Waals surface area contributed by atoms with Gasteiger partial charge in [-0.25, -0.2) is 0 Å². The van der Waals surface area contributed by atoms with Crippen molar-refractivity contribution in [3.63, 3.8) is 0 Å². The molecule has 0 amide bonds. The van der Waals surface area contributed by atoms with Gasteiger partial charge in [0, 0.05) is 16.5 Å². The van der Waals surface area contributed by atoms with Gasteiger partial charge in [0.2, 0.25) is 0 Å². The summed E-state index contributed by atoms with van der Waals surface area (Å²) in [4.78, 5) is 0. The van der Waals surface area contributed by atoms with E-state index in [-0.39, 0.29) is 0 Å². The minimum atomic E-state index is 0.379. The molecular formula is C10H14BrNOS. The van der Waals surface area contributed by atoms with E-state index in [0.29, 0.717) is 10.8 Å². The molecule has 0 spiro atoms. The monoisotopic (exact) mass is 275 g/mol. The Morgan fingerprint density at radius 1 is 1.64 bits per heavy atom. The number of halogens is 1. The number of hydrogen-bond acceptors (Lipinski definition) is 3. The maximum atomic E-state index is 5.42. The largest absolute Gasteiger partial charge is 0.453 e. The molecule has 1 aromatic heterocycles. The highest BCUT2D eigenvalue weighted by Crippen LogP contribution is 2.39. The van der Waals surface area contributed by atoms with E-state index < -0.39 is 0 Å². The summed E-state index contributed by atoms with van der Waals surface area (Å²) in [6, 6.07) is 4.53. The lowest BCUT2D eigenvalue weighted by atomic mass is 10.0. The Morgan fingerprint density at radius 3 is 2.86 bits per heavy atom. The molecule has 1 saturated heterocycles. The molecule has 0 saturated carbocycles. The van der Waals surface area contributed by atoms with Gasteiger partial charge in [-0.2, -0.15) is 11.8 Å². The molecule has 78 valence electrons. The highest BCUT2D eigenvalue weighted by atomic mass is 79.9. The van der Waals surface area contributed by atoms with Crippen molar-refractivity contribution in [1.29, 1.82) is 0 Å². The van der Waals surface area contributed by atoms with Crippen molar-refractivity contribution in [3.05, 3.63) is 22.6 Å². The van der Waals surface area contributed by atoms with E-state index >= 15 is 0 Å². The lowest BCUT2D eigenvalue weighted by molar-refractivity contribution is 0.397. The summed E-state index contributed by atoms with van der Waals surface area (Å²) >= 11 is 5.30. The van der Waals surface area contributed by atoms with Crippen LogP contribution in [0.5, 0.6) is 0 Å². The molecule has 0 bridgehead atoms. The van der Waals surface area contributed by atoms with Crippen LogP contribution in [0.25, 0.3) is 0 Å². The molecule has 1 unspecified atom stereocenters. The molecule has 1 atom stereocenters. The lowest BCUT2D eigenvalue weighted by Gasteiger charge is -2.44. The maximum absolute atomic E-state index is 5.42. The Bertz CT molecular complexity index is 324. The zero-order chi connectivity index (χ0) is 10.2. The molecule has 0 radical (unpaired) electrons. The first-order valence-corrected chi connectivity index (χ1v) is 6.47. The predicted molar refractivity (Wildman–Crippen MR) is 63.6 cm³/mol.